The van der Waals surface area contributed by atoms with Crippen LogP contribution < -0.4 is 0 Å². The molecule has 1 rings (SSSR count). The van der Waals surface area contributed by atoms with Crippen molar-refractivity contribution in [2.75, 3.05) is 6.26 Å². The second-order valence-electron chi connectivity index (χ2n) is 3.24. The van der Waals surface area contributed by atoms with Crippen molar-refractivity contribution in [3.8, 4) is 0 Å². The lowest BCUT2D eigenvalue weighted by Crippen LogP contribution is -2.16. The molecule has 0 unspecified atom stereocenters. The summed E-state index contributed by atoms with van der Waals surface area (Å²) in [5.74, 6) is 0.912. The Kier molecular flexibility index (Phi) is 2.73. The predicted octanol–water partition coefficient (Wildman–Crippen LogP) is 2.38. The Balaban J connectivity index is 3.03. The molecule has 1 aromatic rings. The third-order valence-corrected chi connectivity index (χ3v) is 3.05. The third-order valence-electron chi connectivity index (χ3n) is 1.84. The fourth-order valence-corrected chi connectivity index (χ4v) is 1.11. The van der Waals surface area contributed by atoms with Gasteiger partial charge < -0.3 is 0 Å². The molecule has 1 heterocycles. The van der Waals surface area contributed by atoms with E-state index in [2.05, 4.69) is 30.1 Å². The fourth-order valence-electron chi connectivity index (χ4n) is 0.830. The van der Waals surface area contributed by atoms with Gasteiger partial charge in [-0.25, -0.2) is 9.97 Å². The molecule has 0 aliphatic rings. The molecule has 0 radical (unpaired) electrons. The van der Waals surface area contributed by atoms with Crippen molar-refractivity contribution in [2.24, 2.45) is 0 Å². The molecule has 12 heavy (non-hydrogen) atoms. The van der Waals surface area contributed by atoms with Gasteiger partial charge in [-0.05, 0) is 33.1 Å². The summed E-state index contributed by atoms with van der Waals surface area (Å²) in [5, 5.41) is 0. The van der Waals surface area contributed by atoms with Crippen molar-refractivity contribution in [1.29, 1.82) is 0 Å². The van der Waals surface area contributed by atoms with Crippen LogP contribution in [-0.4, -0.2) is 16.2 Å². The van der Waals surface area contributed by atoms with Gasteiger partial charge in [-0.15, -0.1) is 0 Å². The lowest BCUT2D eigenvalue weighted by Gasteiger charge is -2.19. The summed E-state index contributed by atoms with van der Waals surface area (Å²) in [6.07, 6.45) is 3.89. The minimum atomic E-state index is 0.0199. The first-order valence-corrected chi connectivity index (χ1v) is 5.14. The molecule has 0 aromatic carbocycles. The van der Waals surface area contributed by atoms with Crippen LogP contribution in [0, 0.1) is 6.92 Å². The van der Waals surface area contributed by atoms with Gasteiger partial charge in [-0.2, -0.15) is 11.8 Å². The van der Waals surface area contributed by atoms with Crippen molar-refractivity contribution in [3.63, 3.8) is 0 Å². The molecule has 0 bridgehead atoms. The van der Waals surface area contributed by atoms with E-state index in [9.17, 15) is 0 Å². The highest BCUT2D eigenvalue weighted by Crippen LogP contribution is 2.30. The van der Waals surface area contributed by atoms with Gasteiger partial charge in [0.15, 0.2) is 0 Å². The average molecular weight is 182 g/mol. The molecule has 0 amide bonds. The van der Waals surface area contributed by atoms with E-state index in [-0.39, 0.29) is 4.75 Å². The van der Waals surface area contributed by atoms with Crippen molar-refractivity contribution in [3.05, 3.63) is 23.8 Å². The van der Waals surface area contributed by atoms with E-state index in [1.807, 2.05) is 19.2 Å². The Morgan fingerprint density at radius 2 is 2.08 bits per heavy atom. The highest BCUT2D eigenvalue weighted by Gasteiger charge is 2.21. The van der Waals surface area contributed by atoms with Gasteiger partial charge in [-0.1, -0.05) is 0 Å². The Morgan fingerprint density at radius 3 is 2.58 bits per heavy atom. The number of hydrogen-bond donors (Lipinski definition) is 0. The molecule has 0 aliphatic heterocycles. The zero-order valence-corrected chi connectivity index (χ0v) is 8.77. The number of aryl methyl sites for hydroxylation is 1. The molecule has 0 saturated heterocycles. The van der Waals surface area contributed by atoms with E-state index in [0.717, 1.165) is 11.5 Å². The van der Waals surface area contributed by atoms with Crippen molar-refractivity contribution in [2.45, 2.75) is 25.5 Å². The van der Waals surface area contributed by atoms with Gasteiger partial charge in [0.2, 0.25) is 0 Å². The number of hydrogen-bond acceptors (Lipinski definition) is 3. The highest BCUT2D eigenvalue weighted by atomic mass is 32.2. The summed E-state index contributed by atoms with van der Waals surface area (Å²) in [4.78, 5) is 8.63. The van der Waals surface area contributed by atoms with E-state index >= 15 is 0 Å². The Bertz CT molecular complexity index is 271. The SMILES string of the molecule is CSC(C)(C)c1nccc(C)n1. The standard InChI is InChI=1S/C9H14N2S/c1-7-5-6-10-8(11-7)9(2,3)12-4/h5-6H,1-4H3. The quantitative estimate of drug-likeness (QED) is 0.702. The average Bonchev–Trinajstić information content (AvgIpc) is 2.05. The van der Waals surface area contributed by atoms with Crippen molar-refractivity contribution in [1.82, 2.24) is 9.97 Å². The smallest absolute Gasteiger partial charge is 0.143 e. The maximum Gasteiger partial charge on any atom is 0.143 e. The summed E-state index contributed by atoms with van der Waals surface area (Å²) in [7, 11) is 0. The normalized spacial score (nSPS) is 11.7. The van der Waals surface area contributed by atoms with Gasteiger partial charge in [-0.3, -0.25) is 0 Å². The zero-order valence-electron chi connectivity index (χ0n) is 7.96. The Hall–Kier alpha value is -0.570. The second kappa shape index (κ2) is 3.44. The van der Waals surface area contributed by atoms with Gasteiger partial charge in [0, 0.05) is 11.9 Å². The summed E-state index contributed by atoms with van der Waals surface area (Å²) < 4.78 is 0.0199. The Labute approximate surface area is 77.8 Å². The summed E-state index contributed by atoms with van der Waals surface area (Å²) in [6, 6.07) is 1.92. The van der Waals surface area contributed by atoms with E-state index in [4.69, 9.17) is 0 Å². The maximum atomic E-state index is 4.38. The summed E-state index contributed by atoms with van der Waals surface area (Å²) >= 11 is 1.76. The molecule has 0 N–H and O–H groups in total. The van der Waals surface area contributed by atoms with Crippen LogP contribution in [0.15, 0.2) is 12.3 Å². The van der Waals surface area contributed by atoms with Gasteiger partial charge in [0.05, 0.1) is 4.75 Å². The van der Waals surface area contributed by atoms with Gasteiger partial charge in [0.25, 0.3) is 0 Å². The molecule has 0 fully saturated rings. The molecular weight excluding hydrogens is 168 g/mol. The zero-order chi connectivity index (χ0) is 9.19. The number of nitrogens with zero attached hydrogens (tertiary/aromatic N) is 2. The molecule has 0 atom stereocenters. The molecular formula is C9H14N2S. The molecule has 66 valence electrons. The molecule has 2 nitrogen and oxygen atoms in total. The number of thioether (sulfide) groups is 1. The molecule has 0 spiro atoms. The largest absolute Gasteiger partial charge is 0.240 e. The topological polar surface area (TPSA) is 25.8 Å². The number of rotatable bonds is 2. The van der Waals surface area contributed by atoms with E-state index < -0.39 is 0 Å². The monoisotopic (exact) mass is 182 g/mol. The van der Waals surface area contributed by atoms with Crippen LogP contribution in [0.25, 0.3) is 0 Å². The van der Waals surface area contributed by atoms with Crippen LogP contribution in [0.2, 0.25) is 0 Å². The predicted molar refractivity (Wildman–Crippen MR) is 53.3 cm³/mol. The minimum Gasteiger partial charge on any atom is -0.240 e. The fraction of sp³-hybridized carbons (Fsp3) is 0.556. The maximum absolute atomic E-state index is 4.38. The van der Waals surface area contributed by atoms with E-state index in [1.165, 1.54) is 0 Å². The Morgan fingerprint density at radius 1 is 1.42 bits per heavy atom. The van der Waals surface area contributed by atoms with Crippen LogP contribution >= 0.6 is 11.8 Å². The summed E-state index contributed by atoms with van der Waals surface area (Å²) in [6.45, 7) is 6.25. The number of aromatic nitrogens is 2. The first-order valence-electron chi connectivity index (χ1n) is 3.91. The van der Waals surface area contributed by atoms with Crippen LogP contribution in [0.5, 0.6) is 0 Å². The van der Waals surface area contributed by atoms with Gasteiger partial charge in [0.1, 0.15) is 5.82 Å². The van der Waals surface area contributed by atoms with E-state index in [0.29, 0.717) is 0 Å². The van der Waals surface area contributed by atoms with Crippen molar-refractivity contribution < 1.29 is 0 Å². The second-order valence-corrected chi connectivity index (χ2v) is 4.66. The van der Waals surface area contributed by atoms with Gasteiger partial charge >= 0.3 is 0 Å². The molecule has 3 heteroatoms. The highest BCUT2D eigenvalue weighted by molar-refractivity contribution is 7.99. The molecule has 1 aromatic heterocycles. The van der Waals surface area contributed by atoms with Crippen LogP contribution in [0.1, 0.15) is 25.4 Å². The summed E-state index contributed by atoms with van der Waals surface area (Å²) in [5.41, 5.74) is 1.03. The van der Waals surface area contributed by atoms with Crippen molar-refractivity contribution >= 4 is 11.8 Å². The molecule has 0 saturated carbocycles. The van der Waals surface area contributed by atoms with E-state index in [1.54, 1.807) is 11.8 Å². The first kappa shape index (κ1) is 9.52. The lowest BCUT2D eigenvalue weighted by atomic mass is 10.2. The van der Waals surface area contributed by atoms with Crippen LogP contribution in [0.3, 0.4) is 0 Å². The molecule has 0 aliphatic carbocycles. The third kappa shape index (κ3) is 1.97. The first-order chi connectivity index (χ1) is 5.56. The minimum absolute atomic E-state index is 0.0199. The lowest BCUT2D eigenvalue weighted by molar-refractivity contribution is 0.704. The van der Waals surface area contributed by atoms with Crippen LogP contribution in [-0.2, 0) is 4.75 Å². The van der Waals surface area contributed by atoms with Crippen LogP contribution in [0.4, 0.5) is 0 Å².